The minimum atomic E-state index is 0.313. The molecule has 3 nitrogen and oxygen atoms in total. The summed E-state index contributed by atoms with van der Waals surface area (Å²) in [6, 6.07) is 0. The van der Waals surface area contributed by atoms with Crippen molar-refractivity contribution in [2.24, 2.45) is 5.92 Å². The number of nitrogen functional groups attached to an aromatic ring is 1. The molecular weight excluding hydrogens is 200 g/mol. The van der Waals surface area contributed by atoms with Crippen LogP contribution in [0.1, 0.15) is 37.9 Å². The third kappa shape index (κ3) is 2.03. The fraction of sp³-hybridized carbons (Fsp3) is 0.700. The average Bonchev–Trinajstić information content (AvgIpc) is 2.77. The Kier molecular flexibility index (Phi) is 2.96. The van der Waals surface area contributed by atoms with E-state index in [1.165, 1.54) is 25.7 Å². The van der Waals surface area contributed by atoms with Gasteiger partial charge in [0.2, 0.25) is 0 Å². The predicted molar refractivity (Wildman–Crippen MR) is 56.2 cm³/mol. The number of halogens is 1. The Labute approximate surface area is 88.6 Å². The Hall–Kier alpha value is -0.700. The summed E-state index contributed by atoms with van der Waals surface area (Å²) in [5, 5.41) is 4.13. The minimum Gasteiger partial charge on any atom is -0.380 e. The number of aromatic nitrogens is 1. The van der Waals surface area contributed by atoms with E-state index in [0.29, 0.717) is 10.8 Å². The van der Waals surface area contributed by atoms with Gasteiger partial charge in [-0.2, -0.15) is 0 Å². The van der Waals surface area contributed by atoms with Gasteiger partial charge in [0.05, 0.1) is 0 Å². The Morgan fingerprint density at radius 1 is 1.43 bits per heavy atom. The zero-order valence-corrected chi connectivity index (χ0v) is 8.89. The number of anilines is 1. The summed E-state index contributed by atoms with van der Waals surface area (Å²) in [6.45, 7) is 0. The normalized spacial score (nSPS) is 17.8. The van der Waals surface area contributed by atoms with Gasteiger partial charge in [-0.25, -0.2) is 0 Å². The lowest BCUT2D eigenvalue weighted by Crippen LogP contribution is -1.95. The molecular formula is C10H15ClN2O. The van der Waals surface area contributed by atoms with Crippen LogP contribution in [0.25, 0.3) is 0 Å². The topological polar surface area (TPSA) is 52.0 Å². The number of rotatable bonds is 3. The second kappa shape index (κ2) is 4.22. The van der Waals surface area contributed by atoms with Crippen LogP contribution in [0.15, 0.2) is 4.52 Å². The van der Waals surface area contributed by atoms with Crippen molar-refractivity contribution in [1.29, 1.82) is 0 Å². The minimum absolute atomic E-state index is 0.313. The molecule has 1 aliphatic rings. The highest BCUT2D eigenvalue weighted by molar-refractivity contribution is 6.33. The summed E-state index contributed by atoms with van der Waals surface area (Å²) >= 11 is 5.91. The van der Waals surface area contributed by atoms with E-state index in [1.54, 1.807) is 0 Å². The van der Waals surface area contributed by atoms with Crippen LogP contribution in [0.5, 0.6) is 0 Å². The fourth-order valence-electron chi connectivity index (χ4n) is 2.12. The van der Waals surface area contributed by atoms with Crippen molar-refractivity contribution in [3.05, 3.63) is 10.8 Å². The smallest absolute Gasteiger partial charge is 0.185 e. The van der Waals surface area contributed by atoms with Crippen molar-refractivity contribution in [2.45, 2.75) is 38.5 Å². The first-order valence-corrected chi connectivity index (χ1v) is 5.54. The molecule has 1 fully saturated rings. The van der Waals surface area contributed by atoms with Crippen molar-refractivity contribution >= 4 is 17.4 Å². The van der Waals surface area contributed by atoms with Crippen LogP contribution in [-0.2, 0) is 6.42 Å². The first-order valence-electron chi connectivity index (χ1n) is 5.17. The van der Waals surface area contributed by atoms with E-state index in [4.69, 9.17) is 21.9 Å². The molecule has 14 heavy (non-hydrogen) atoms. The predicted octanol–water partition coefficient (Wildman–Crippen LogP) is 3.03. The largest absolute Gasteiger partial charge is 0.380 e. The van der Waals surface area contributed by atoms with Gasteiger partial charge in [-0.1, -0.05) is 42.4 Å². The van der Waals surface area contributed by atoms with E-state index in [-0.39, 0.29) is 0 Å². The standard InChI is InChI=1S/C10H15ClN2O/c11-9-8(14-13-10(9)12)6-5-7-3-1-2-4-7/h7H,1-6H2,(H2,12,13). The maximum Gasteiger partial charge on any atom is 0.185 e. The van der Waals surface area contributed by atoms with E-state index in [2.05, 4.69) is 5.16 Å². The molecule has 0 radical (unpaired) electrons. The first-order chi connectivity index (χ1) is 6.77. The van der Waals surface area contributed by atoms with Crippen molar-refractivity contribution in [3.63, 3.8) is 0 Å². The zero-order chi connectivity index (χ0) is 9.97. The summed E-state index contributed by atoms with van der Waals surface area (Å²) in [7, 11) is 0. The van der Waals surface area contributed by atoms with E-state index in [1.807, 2.05) is 0 Å². The highest BCUT2D eigenvalue weighted by atomic mass is 35.5. The number of nitrogens with two attached hydrogens (primary N) is 1. The van der Waals surface area contributed by atoms with Crippen molar-refractivity contribution in [1.82, 2.24) is 5.16 Å². The summed E-state index contributed by atoms with van der Waals surface area (Å²) in [6.07, 6.45) is 7.46. The SMILES string of the molecule is Nc1noc(CCC2CCCC2)c1Cl. The monoisotopic (exact) mass is 214 g/mol. The summed E-state index contributed by atoms with van der Waals surface area (Å²) in [5.41, 5.74) is 5.49. The highest BCUT2D eigenvalue weighted by Gasteiger charge is 2.17. The van der Waals surface area contributed by atoms with E-state index in [9.17, 15) is 0 Å². The van der Waals surface area contributed by atoms with E-state index < -0.39 is 0 Å². The molecule has 0 spiro atoms. The average molecular weight is 215 g/mol. The van der Waals surface area contributed by atoms with Crippen molar-refractivity contribution < 1.29 is 4.52 Å². The Morgan fingerprint density at radius 3 is 2.71 bits per heavy atom. The van der Waals surface area contributed by atoms with Gasteiger partial charge in [-0.15, -0.1) is 0 Å². The summed E-state index contributed by atoms with van der Waals surface area (Å²) < 4.78 is 5.05. The zero-order valence-electron chi connectivity index (χ0n) is 8.13. The molecule has 1 aromatic heterocycles. The molecule has 0 atom stereocenters. The second-order valence-corrected chi connectivity index (χ2v) is 4.37. The lowest BCUT2D eigenvalue weighted by Gasteiger charge is -2.05. The molecule has 1 aliphatic carbocycles. The van der Waals surface area contributed by atoms with Crippen molar-refractivity contribution in [2.75, 3.05) is 5.73 Å². The molecule has 1 saturated carbocycles. The van der Waals surface area contributed by atoms with E-state index in [0.717, 1.165) is 24.5 Å². The van der Waals surface area contributed by atoms with Crippen LogP contribution in [0, 0.1) is 5.92 Å². The van der Waals surface area contributed by atoms with Gasteiger partial charge in [0.15, 0.2) is 11.6 Å². The first kappa shape index (κ1) is 9.84. The van der Waals surface area contributed by atoms with Crippen LogP contribution in [0.4, 0.5) is 5.82 Å². The molecule has 0 unspecified atom stereocenters. The van der Waals surface area contributed by atoms with Crippen LogP contribution in [0.2, 0.25) is 5.02 Å². The van der Waals surface area contributed by atoms with Gasteiger partial charge < -0.3 is 10.3 Å². The third-order valence-electron chi connectivity index (χ3n) is 2.98. The molecule has 78 valence electrons. The lowest BCUT2D eigenvalue weighted by atomic mass is 10.0. The number of aryl methyl sites for hydroxylation is 1. The number of hydrogen-bond acceptors (Lipinski definition) is 3. The van der Waals surface area contributed by atoms with Gasteiger partial charge in [-0.3, -0.25) is 0 Å². The molecule has 0 aromatic carbocycles. The quantitative estimate of drug-likeness (QED) is 0.842. The molecule has 4 heteroatoms. The van der Waals surface area contributed by atoms with Gasteiger partial charge in [0.25, 0.3) is 0 Å². The molecule has 1 heterocycles. The van der Waals surface area contributed by atoms with Crippen molar-refractivity contribution in [3.8, 4) is 0 Å². The Balaban J connectivity index is 1.88. The molecule has 0 amide bonds. The molecule has 2 N–H and O–H groups in total. The van der Waals surface area contributed by atoms with Gasteiger partial charge >= 0.3 is 0 Å². The van der Waals surface area contributed by atoms with Crippen LogP contribution >= 0.6 is 11.6 Å². The number of hydrogen-bond donors (Lipinski definition) is 1. The summed E-state index contributed by atoms with van der Waals surface area (Å²) in [4.78, 5) is 0. The fourth-order valence-corrected chi connectivity index (χ4v) is 2.28. The van der Waals surface area contributed by atoms with Crippen LogP contribution in [-0.4, -0.2) is 5.16 Å². The molecule has 2 rings (SSSR count). The third-order valence-corrected chi connectivity index (χ3v) is 3.38. The Bertz CT molecular complexity index is 305. The molecule has 0 bridgehead atoms. The maximum atomic E-state index is 5.91. The molecule has 1 aromatic rings. The maximum absolute atomic E-state index is 5.91. The highest BCUT2D eigenvalue weighted by Crippen LogP contribution is 2.31. The molecule has 0 saturated heterocycles. The van der Waals surface area contributed by atoms with Crippen LogP contribution < -0.4 is 5.73 Å². The molecule has 0 aliphatic heterocycles. The lowest BCUT2D eigenvalue weighted by molar-refractivity contribution is 0.369. The number of nitrogens with zero attached hydrogens (tertiary/aromatic N) is 1. The van der Waals surface area contributed by atoms with Gasteiger partial charge in [-0.05, 0) is 12.3 Å². The second-order valence-electron chi connectivity index (χ2n) is 3.99. The summed E-state index contributed by atoms with van der Waals surface area (Å²) in [5.74, 6) is 1.90. The van der Waals surface area contributed by atoms with Crippen LogP contribution in [0.3, 0.4) is 0 Å². The van der Waals surface area contributed by atoms with Gasteiger partial charge in [0, 0.05) is 6.42 Å². The van der Waals surface area contributed by atoms with Gasteiger partial charge in [0.1, 0.15) is 5.02 Å². The Morgan fingerprint density at radius 2 is 2.14 bits per heavy atom. The van der Waals surface area contributed by atoms with E-state index >= 15 is 0 Å².